The SMILES string of the molecule is COc1cccc(-n2ccc3cnc(Nc4cc(OC)c(OC)c(OC)c4)nc32)c1. The van der Waals surface area contributed by atoms with E-state index in [4.69, 9.17) is 23.9 Å². The van der Waals surface area contributed by atoms with Gasteiger partial charge < -0.3 is 28.8 Å². The molecule has 0 fully saturated rings. The molecule has 8 heteroatoms. The van der Waals surface area contributed by atoms with Gasteiger partial charge in [-0.25, -0.2) is 4.98 Å². The number of benzene rings is 2. The summed E-state index contributed by atoms with van der Waals surface area (Å²) in [6, 6.07) is 13.4. The predicted octanol–water partition coefficient (Wildman–Crippen LogP) is 4.20. The van der Waals surface area contributed by atoms with E-state index in [1.807, 2.05) is 41.1 Å². The molecule has 0 unspecified atom stereocenters. The lowest BCUT2D eigenvalue weighted by molar-refractivity contribution is 0.324. The molecule has 0 aliphatic rings. The molecule has 4 rings (SSSR count). The van der Waals surface area contributed by atoms with E-state index in [1.54, 1.807) is 46.8 Å². The first-order valence-corrected chi connectivity index (χ1v) is 9.22. The third kappa shape index (κ3) is 3.55. The van der Waals surface area contributed by atoms with E-state index in [9.17, 15) is 0 Å². The minimum Gasteiger partial charge on any atom is -0.497 e. The Balaban J connectivity index is 1.72. The van der Waals surface area contributed by atoms with E-state index >= 15 is 0 Å². The van der Waals surface area contributed by atoms with Crippen molar-refractivity contribution in [3.63, 3.8) is 0 Å². The van der Waals surface area contributed by atoms with Crippen molar-refractivity contribution in [2.45, 2.75) is 0 Å². The van der Waals surface area contributed by atoms with E-state index in [0.717, 1.165) is 22.5 Å². The van der Waals surface area contributed by atoms with Gasteiger partial charge in [-0.2, -0.15) is 4.98 Å². The smallest absolute Gasteiger partial charge is 0.229 e. The van der Waals surface area contributed by atoms with Crippen LogP contribution in [0.1, 0.15) is 0 Å². The summed E-state index contributed by atoms with van der Waals surface area (Å²) in [5.41, 5.74) is 2.43. The Labute approximate surface area is 174 Å². The highest BCUT2D eigenvalue weighted by atomic mass is 16.5. The first-order chi connectivity index (χ1) is 14.7. The molecule has 8 nitrogen and oxygen atoms in total. The molecule has 0 radical (unpaired) electrons. The van der Waals surface area contributed by atoms with Crippen LogP contribution in [0.5, 0.6) is 23.0 Å². The van der Waals surface area contributed by atoms with Crippen molar-refractivity contribution < 1.29 is 18.9 Å². The molecule has 1 N–H and O–H groups in total. The van der Waals surface area contributed by atoms with Crippen LogP contribution in [0.15, 0.2) is 54.9 Å². The van der Waals surface area contributed by atoms with Crippen LogP contribution in [0.4, 0.5) is 11.6 Å². The Kier molecular flexibility index (Phi) is 5.30. The largest absolute Gasteiger partial charge is 0.497 e. The fraction of sp³-hybridized carbons (Fsp3) is 0.182. The molecule has 0 aliphatic carbocycles. The number of hydrogen-bond donors (Lipinski definition) is 1. The first kappa shape index (κ1) is 19.4. The highest BCUT2D eigenvalue weighted by molar-refractivity contribution is 5.79. The van der Waals surface area contributed by atoms with Crippen LogP contribution in [0.2, 0.25) is 0 Å². The van der Waals surface area contributed by atoms with E-state index in [0.29, 0.717) is 28.9 Å². The van der Waals surface area contributed by atoms with Gasteiger partial charge in [-0.1, -0.05) is 6.07 Å². The average Bonchev–Trinajstić information content (AvgIpc) is 3.21. The molecule has 2 heterocycles. The van der Waals surface area contributed by atoms with Crippen LogP contribution in [0.3, 0.4) is 0 Å². The molecule has 4 aromatic rings. The molecule has 154 valence electrons. The number of fused-ring (bicyclic) bond motifs is 1. The molecule has 2 aromatic heterocycles. The van der Waals surface area contributed by atoms with Crippen molar-refractivity contribution in [2.24, 2.45) is 0 Å². The van der Waals surface area contributed by atoms with Crippen LogP contribution >= 0.6 is 0 Å². The summed E-state index contributed by atoms with van der Waals surface area (Å²) >= 11 is 0. The Morgan fingerprint density at radius 3 is 2.30 bits per heavy atom. The maximum atomic E-state index is 5.41. The van der Waals surface area contributed by atoms with Gasteiger partial charge in [0.1, 0.15) is 11.4 Å². The molecule has 30 heavy (non-hydrogen) atoms. The summed E-state index contributed by atoms with van der Waals surface area (Å²) in [5.74, 6) is 2.83. The highest BCUT2D eigenvalue weighted by Gasteiger charge is 2.14. The van der Waals surface area contributed by atoms with Crippen LogP contribution in [-0.2, 0) is 0 Å². The number of rotatable bonds is 7. The first-order valence-electron chi connectivity index (χ1n) is 9.22. The maximum absolute atomic E-state index is 5.41. The quantitative estimate of drug-likeness (QED) is 0.493. The monoisotopic (exact) mass is 406 g/mol. The summed E-state index contributed by atoms with van der Waals surface area (Å²) in [6.07, 6.45) is 3.73. The van der Waals surface area contributed by atoms with Crippen molar-refractivity contribution in [3.8, 4) is 28.7 Å². The molecule has 2 aromatic carbocycles. The topological polar surface area (TPSA) is 79.7 Å². The standard InChI is InChI=1S/C22H22N4O4/c1-27-17-7-5-6-16(12-17)26-9-8-14-13-23-22(25-21(14)26)24-15-10-18(28-2)20(30-4)19(11-15)29-3/h5-13H,1-4H3,(H,23,24,25). The van der Waals surface area contributed by atoms with E-state index in [2.05, 4.69) is 10.3 Å². The number of nitrogens with zero attached hydrogens (tertiary/aromatic N) is 3. The number of anilines is 2. The number of ether oxygens (including phenoxy) is 4. The van der Waals surface area contributed by atoms with Crippen molar-refractivity contribution in [3.05, 3.63) is 54.9 Å². The summed E-state index contributed by atoms with van der Waals surface area (Å²) in [6.45, 7) is 0. The van der Waals surface area contributed by atoms with Gasteiger partial charge in [0.25, 0.3) is 0 Å². The molecule has 0 saturated heterocycles. The van der Waals surface area contributed by atoms with Crippen molar-refractivity contribution >= 4 is 22.7 Å². The lowest BCUT2D eigenvalue weighted by Crippen LogP contribution is -2.01. The second-order valence-corrected chi connectivity index (χ2v) is 6.40. The van der Waals surface area contributed by atoms with E-state index in [1.165, 1.54) is 0 Å². The second-order valence-electron chi connectivity index (χ2n) is 6.40. The van der Waals surface area contributed by atoms with Crippen LogP contribution < -0.4 is 24.3 Å². The number of nitrogens with one attached hydrogen (secondary N) is 1. The second kappa shape index (κ2) is 8.20. The van der Waals surface area contributed by atoms with Crippen molar-refractivity contribution in [2.75, 3.05) is 33.8 Å². The maximum Gasteiger partial charge on any atom is 0.229 e. The van der Waals surface area contributed by atoms with E-state index < -0.39 is 0 Å². The number of aromatic nitrogens is 3. The Morgan fingerprint density at radius 1 is 0.867 bits per heavy atom. The average molecular weight is 406 g/mol. The molecular formula is C22H22N4O4. The zero-order valence-electron chi connectivity index (χ0n) is 17.2. The van der Waals surface area contributed by atoms with Crippen LogP contribution in [0, 0.1) is 0 Å². The summed E-state index contributed by atoms with van der Waals surface area (Å²) in [7, 11) is 6.36. The van der Waals surface area contributed by atoms with Crippen molar-refractivity contribution in [1.29, 1.82) is 0 Å². The van der Waals surface area contributed by atoms with Gasteiger partial charge in [-0.3, -0.25) is 0 Å². The molecule has 0 spiro atoms. The zero-order valence-corrected chi connectivity index (χ0v) is 17.2. The van der Waals surface area contributed by atoms with Gasteiger partial charge in [0.05, 0.1) is 34.1 Å². The minimum atomic E-state index is 0.444. The van der Waals surface area contributed by atoms with Crippen molar-refractivity contribution in [1.82, 2.24) is 14.5 Å². The van der Waals surface area contributed by atoms with Gasteiger partial charge in [-0.05, 0) is 18.2 Å². The Bertz CT molecular complexity index is 1160. The summed E-state index contributed by atoms with van der Waals surface area (Å²) in [4.78, 5) is 9.13. The lowest BCUT2D eigenvalue weighted by Gasteiger charge is -2.14. The third-order valence-corrected chi connectivity index (χ3v) is 4.68. The van der Waals surface area contributed by atoms with Gasteiger partial charge >= 0.3 is 0 Å². The summed E-state index contributed by atoms with van der Waals surface area (Å²) in [5, 5.41) is 4.14. The van der Waals surface area contributed by atoms with Crippen LogP contribution in [0.25, 0.3) is 16.7 Å². The zero-order chi connectivity index (χ0) is 21.1. The fourth-order valence-corrected chi connectivity index (χ4v) is 3.23. The molecule has 0 saturated carbocycles. The Morgan fingerprint density at radius 2 is 1.63 bits per heavy atom. The molecule has 0 bridgehead atoms. The fourth-order valence-electron chi connectivity index (χ4n) is 3.23. The summed E-state index contributed by atoms with van der Waals surface area (Å²) < 4.78 is 23.5. The minimum absolute atomic E-state index is 0.444. The molecule has 0 atom stereocenters. The molecule has 0 aliphatic heterocycles. The van der Waals surface area contributed by atoms with Gasteiger partial charge in [0.15, 0.2) is 11.5 Å². The normalized spacial score (nSPS) is 10.7. The highest BCUT2D eigenvalue weighted by Crippen LogP contribution is 2.40. The third-order valence-electron chi connectivity index (χ3n) is 4.68. The Hall–Kier alpha value is -3.94. The van der Waals surface area contributed by atoms with E-state index in [-0.39, 0.29) is 0 Å². The van der Waals surface area contributed by atoms with Gasteiger partial charge in [-0.15, -0.1) is 0 Å². The molecular weight excluding hydrogens is 384 g/mol. The predicted molar refractivity (Wildman–Crippen MR) is 115 cm³/mol. The molecule has 0 amide bonds. The van der Waals surface area contributed by atoms with Gasteiger partial charge in [0, 0.05) is 41.7 Å². The number of hydrogen-bond acceptors (Lipinski definition) is 7. The van der Waals surface area contributed by atoms with Gasteiger partial charge in [0.2, 0.25) is 11.7 Å². The number of methoxy groups -OCH3 is 4. The van der Waals surface area contributed by atoms with Crippen LogP contribution in [-0.4, -0.2) is 43.0 Å². The lowest BCUT2D eigenvalue weighted by atomic mass is 10.2.